The van der Waals surface area contributed by atoms with Gasteiger partial charge < -0.3 is 19.7 Å². The monoisotopic (exact) mass is 262 g/mol. The SMILES string of the molecule is O=C(O)c1cc(-c2cc(O)cc3c2OCCO3)n[nH]1. The molecule has 1 aliphatic rings. The molecule has 0 aliphatic carbocycles. The maximum Gasteiger partial charge on any atom is 0.353 e. The van der Waals surface area contributed by atoms with Gasteiger partial charge in [-0.1, -0.05) is 0 Å². The quantitative estimate of drug-likeness (QED) is 0.752. The second-order valence-electron chi connectivity index (χ2n) is 3.99. The number of rotatable bonds is 2. The minimum Gasteiger partial charge on any atom is -0.508 e. The molecule has 7 nitrogen and oxygen atoms in total. The highest BCUT2D eigenvalue weighted by Gasteiger charge is 2.21. The van der Waals surface area contributed by atoms with E-state index >= 15 is 0 Å². The van der Waals surface area contributed by atoms with Crippen LogP contribution in [0.25, 0.3) is 11.3 Å². The van der Waals surface area contributed by atoms with E-state index in [0.29, 0.717) is 36.0 Å². The average molecular weight is 262 g/mol. The zero-order valence-corrected chi connectivity index (χ0v) is 9.71. The first-order valence-electron chi connectivity index (χ1n) is 5.57. The number of nitrogens with zero attached hydrogens (tertiary/aromatic N) is 1. The Hall–Kier alpha value is -2.70. The molecule has 0 atom stereocenters. The Labute approximate surface area is 107 Å². The van der Waals surface area contributed by atoms with Crippen LogP contribution in [0.15, 0.2) is 18.2 Å². The number of phenolic OH excluding ortho intramolecular Hbond substituents is 1. The van der Waals surface area contributed by atoms with Crippen molar-refractivity contribution in [3.8, 4) is 28.5 Å². The van der Waals surface area contributed by atoms with Crippen LogP contribution in [0.5, 0.6) is 17.2 Å². The molecule has 0 spiro atoms. The van der Waals surface area contributed by atoms with Crippen LogP contribution >= 0.6 is 0 Å². The number of phenols is 1. The third-order valence-electron chi connectivity index (χ3n) is 2.71. The normalized spacial score (nSPS) is 13.3. The van der Waals surface area contributed by atoms with Crippen LogP contribution in [0.2, 0.25) is 0 Å². The van der Waals surface area contributed by atoms with Gasteiger partial charge in [-0.2, -0.15) is 5.10 Å². The Morgan fingerprint density at radius 1 is 1.26 bits per heavy atom. The third kappa shape index (κ3) is 1.95. The Morgan fingerprint density at radius 3 is 2.79 bits per heavy atom. The number of carboxylic acid groups (broad SMARTS) is 1. The van der Waals surface area contributed by atoms with E-state index < -0.39 is 5.97 Å². The number of fused-ring (bicyclic) bond motifs is 1. The zero-order valence-electron chi connectivity index (χ0n) is 9.71. The van der Waals surface area contributed by atoms with Crippen molar-refractivity contribution in [2.45, 2.75) is 0 Å². The molecule has 0 saturated heterocycles. The summed E-state index contributed by atoms with van der Waals surface area (Å²) in [6, 6.07) is 4.27. The summed E-state index contributed by atoms with van der Waals surface area (Å²) >= 11 is 0. The van der Waals surface area contributed by atoms with E-state index in [1.165, 1.54) is 18.2 Å². The van der Waals surface area contributed by atoms with Gasteiger partial charge in [-0.25, -0.2) is 4.79 Å². The third-order valence-corrected chi connectivity index (χ3v) is 2.71. The van der Waals surface area contributed by atoms with Crippen molar-refractivity contribution in [1.82, 2.24) is 10.2 Å². The van der Waals surface area contributed by atoms with Gasteiger partial charge in [0.2, 0.25) is 0 Å². The molecular weight excluding hydrogens is 252 g/mol. The Balaban J connectivity index is 2.12. The van der Waals surface area contributed by atoms with Gasteiger partial charge in [-0.05, 0) is 12.1 Å². The molecule has 2 aromatic rings. The molecule has 3 rings (SSSR count). The lowest BCUT2D eigenvalue weighted by molar-refractivity contribution is 0.0690. The Morgan fingerprint density at radius 2 is 2.05 bits per heavy atom. The smallest absolute Gasteiger partial charge is 0.353 e. The number of aromatic carboxylic acids is 1. The summed E-state index contributed by atoms with van der Waals surface area (Å²) in [6.07, 6.45) is 0. The van der Waals surface area contributed by atoms with E-state index in [-0.39, 0.29) is 11.4 Å². The molecule has 0 radical (unpaired) electrons. The largest absolute Gasteiger partial charge is 0.508 e. The molecule has 0 saturated carbocycles. The topological polar surface area (TPSA) is 105 Å². The number of hydrogen-bond acceptors (Lipinski definition) is 5. The molecule has 7 heteroatoms. The van der Waals surface area contributed by atoms with Crippen LogP contribution in [-0.4, -0.2) is 39.6 Å². The lowest BCUT2D eigenvalue weighted by atomic mass is 10.1. The van der Waals surface area contributed by atoms with E-state index in [4.69, 9.17) is 14.6 Å². The fourth-order valence-corrected chi connectivity index (χ4v) is 1.90. The number of aromatic nitrogens is 2. The second-order valence-corrected chi connectivity index (χ2v) is 3.99. The van der Waals surface area contributed by atoms with Crippen LogP contribution in [0.4, 0.5) is 0 Å². The number of aromatic hydroxyl groups is 1. The van der Waals surface area contributed by atoms with Gasteiger partial charge in [0.25, 0.3) is 0 Å². The summed E-state index contributed by atoms with van der Waals surface area (Å²) in [5.41, 5.74) is 0.817. The average Bonchev–Trinajstić information content (AvgIpc) is 2.87. The molecule has 0 unspecified atom stereocenters. The number of benzene rings is 1. The summed E-state index contributed by atoms with van der Waals surface area (Å²) < 4.78 is 10.9. The van der Waals surface area contributed by atoms with Crippen molar-refractivity contribution >= 4 is 5.97 Å². The molecule has 98 valence electrons. The number of nitrogens with one attached hydrogen (secondary N) is 1. The summed E-state index contributed by atoms with van der Waals surface area (Å²) in [5.74, 6) is -0.238. The summed E-state index contributed by atoms with van der Waals surface area (Å²) in [4.78, 5) is 10.8. The molecule has 19 heavy (non-hydrogen) atoms. The van der Waals surface area contributed by atoms with Crippen LogP contribution in [0.3, 0.4) is 0 Å². The molecule has 3 N–H and O–H groups in total. The first-order valence-corrected chi connectivity index (χ1v) is 5.57. The fourth-order valence-electron chi connectivity index (χ4n) is 1.90. The molecule has 2 heterocycles. The van der Waals surface area contributed by atoms with Gasteiger partial charge in [0, 0.05) is 6.07 Å². The van der Waals surface area contributed by atoms with Gasteiger partial charge in [-0.15, -0.1) is 0 Å². The van der Waals surface area contributed by atoms with E-state index in [1.807, 2.05) is 0 Å². The summed E-state index contributed by atoms with van der Waals surface area (Å²) in [6.45, 7) is 0.790. The lowest BCUT2D eigenvalue weighted by Gasteiger charge is -2.20. The minimum absolute atomic E-state index is 0.000810. The van der Waals surface area contributed by atoms with Crippen LogP contribution in [0.1, 0.15) is 10.5 Å². The molecular formula is C12H10N2O5. The van der Waals surface area contributed by atoms with Crippen LogP contribution < -0.4 is 9.47 Å². The summed E-state index contributed by atoms with van der Waals surface area (Å²) in [7, 11) is 0. The molecule has 0 bridgehead atoms. The first-order chi connectivity index (χ1) is 9.15. The summed E-state index contributed by atoms with van der Waals surface area (Å²) in [5, 5.41) is 24.8. The van der Waals surface area contributed by atoms with Crippen molar-refractivity contribution in [3.05, 3.63) is 23.9 Å². The van der Waals surface area contributed by atoms with E-state index in [9.17, 15) is 9.90 Å². The zero-order chi connectivity index (χ0) is 13.4. The standard InChI is InChI=1S/C12H10N2O5/c15-6-3-7(8-5-9(12(16)17)14-13-8)11-10(4-6)18-1-2-19-11/h3-5,15H,1-2H2,(H,13,14)(H,16,17). The van der Waals surface area contributed by atoms with E-state index in [0.717, 1.165) is 0 Å². The van der Waals surface area contributed by atoms with Gasteiger partial charge in [-0.3, -0.25) is 5.10 Å². The van der Waals surface area contributed by atoms with Crippen LogP contribution in [0, 0.1) is 0 Å². The van der Waals surface area contributed by atoms with Gasteiger partial charge >= 0.3 is 5.97 Å². The van der Waals surface area contributed by atoms with Crippen molar-refractivity contribution in [2.75, 3.05) is 13.2 Å². The number of ether oxygens (including phenoxy) is 2. The van der Waals surface area contributed by atoms with Gasteiger partial charge in [0.15, 0.2) is 11.5 Å². The molecule has 0 amide bonds. The van der Waals surface area contributed by atoms with Crippen molar-refractivity contribution in [1.29, 1.82) is 0 Å². The number of H-pyrrole nitrogens is 1. The molecule has 1 aliphatic heterocycles. The minimum atomic E-state index is -1.11. The van der Waals surface area contributed by atoms with Crippen molar-refractivity contribution < 1.29 is 24.5 Å². The number of carboxylic acids is 1. The maximum atomic E-state index is 10.8. The van der Waals surface area contributed by atoms with Gasteiger partial charge in [0.1, 0.15) is 24.7 Å². The maximum absolute atomic E-state index is 10.8. The van der Waals surface area contributed by atoms with Gasteiger partial charge in [0.05, 0.1) is 11.3 Å². The van der Waals surface area contributed by atoms with E-state index in [2.05, 4.69) is 10.2 Å². The second kappa shape index (κ2) is 4.20. The van der Waals surface area contributed by atoms with Crippen molar-refractivity contribution in [2.24, 2.45) is 0 Å². The molecule has 1 aromatic carbocycles. The molecule has 1 aromatic heterocycles. The highest BCUT2D eigenvalue weighted by atomic mass is 16.6. The number of hydrogen-bond donors (Lipinski definition) is 3. The predicted molar refractivity (Wildman–Crippen MR) is 63.6 cm³/mol. The van der Waals surface area contributed by atoms with Crippen molar-refractivity contribution in [3.63, 3.8) is 0 Å². The fraction of sp³-hybridized carbons (Fsp3) is 0.167. The van der Waals surface area contributed by atoms with Crippen LogP contribution in [-0.2, 0) is 0 Å². The Kier molecular flexibility index (Phi) is 2.52. The van der Waals surface area contributed by atoms with E-state index in [1.54, 1.807) is 0 Å². The lowest BCUT2D eigenvalue weighted by Crippen LogP contribution is -2.15. The highest BCUT2D eigenvalue weighted by Crippen LogP contribution is 2.42. The first kappa shape index (κ1) is 11.4. The molecule has 0 fully saturated rings. The number of carbonyl (C=O) groups is 1. The Bertz CT molecular complexity index is 650. The predicted octanol–water partition coefficient (Wildman–Crippen LogP) is 1.25. The number of aromatic amines is 1. The highest BCUT2D eigenvalue weighted by molar-refractivity contribution is 5.87.